The zero-order valence-electron chi connectivity index (χ0n) is 9.69. The minimum atomic E-state index is -1.41. The van der Waals surface area contributed by atoms with Crippen LogP contribution in [0.5, 0.6) is 0 Å². The van der Waals surface area contributed by atoms with E-state index in [0.717, 1.165) is 0 Å². The molecule has 18 heavy (non-hydrogen) atoms. The molecule has 2 rings (SSSR count). The Kier molecular flexibility index (Phi) is 3.67. The third kappa shape index (κ3) is 2.39. The number of furan rings is 1. The minimum absolute atomic E-state index is 0.0686. The fraction of sp³-hybridized carbons (Fsp3) is 0.545. The lowest BCUT2D eigenvalue weighted by atomic mass is 9.99. The van der Waals surface area contributed by atoms with Gasteiger partial charge in [0.2, 0.25) is 0 Å². The third-order valence-corrected chi connectivity index (χ3v) is 2.87. The Morgan fingerprint density at radius 2 is 2.00 bits per heavy atom. The maximum atomic E-state index is 11.7. The van der Waals surface area contributed by atoms with Gasteiger partial charge in [-0.2, -0.15) is 0 Å². The van der Waals surface area contributed by atoms with E-state index in [-0.39, 0.29) is 5.76 Å². The van der Waals surface area contributed by atoms with Gasteiger partial charge in [-0.3, -0.25) is 4.79 Å². The summed E-state index contributed by atoms with van der Waals surface area (Å²) in [5, 5.41) is 31.1. The zero-order chi connectivity index (χ0) is 13.3. The van der Waals surface area contributed by atoms with Crippen molar-refractivity contribution in [2.75, 3.05) is 0 Å². The van der Waals surface area contributed by atoms with Crippen LogP contribution in [0.3, 0.4) is 0 Å². The minimum Gasteiger partial charge on any atom is -0.459 e. The lowest BCUT2D eigenvalue weighted by Crippen LogP contribution is -2.61. The monoisotopic (exact) mass is 257 g/mol. The lowest BCUT2D eigenvalue weighted by molar-refractivity contribution is -0.221. The maximum Gasteiger partial charge on any atom is 0.289 e. The summed E-state index contributed by atoms with van der Waals surface area (Å²) in [5.41, 5.74) is 0. The molecule has 1 aromatic heterocycles. The predicted molar refractivity (Wildman–Crippen MR) is 58.5 cm³/mol. The Bertz CT molecular complexity index is 406. The van der Waals surface area contributed by atoms with Crippen molar-refractivity contribution in [3.05, 3.63) is 24.2 Å². The molecule has 0 aromatic carbocycles. The van der Waals surface area contributed by atoms with Gasteiger partial charge in [0, 0.05) is 0 Å². The maximum absolute atomic E-state index is 11.7. The summed E-state index contributed by atoms with van der Waals surface area (Å²) < 4.78 is 10.1. The Morgan fingerprint density at radius 1 is 1.28 bits per heavy atom. The fourth-order valence-corrected chi connectivity index (χ4v) is 1.78. The molecule has 0 unspecified atom stereocenters. The molecule has 100 valence electrons. The van der Waals surface area contributed by atoms with Crippen molar-refractivity contribution in [1.82, 2.24) is 5.32 Å². The van der Waals surface area contributed by atoms with Gasteiger partial charge in [-0.05, 0) is 19.1 Å². The van der Waals surface area contributed by atoms with Crippen molar-refractivity contribution in [2.24, 2.45) is 0 Å². The van der Waals surface area contributed by atoms with Gasteiger partial charge in [-0.25, -0.2) is 0 Å². The molecule has 1 saturated heterocycles. The third-order valence-electron chi connectivity index (χ3n) is 2.87. The van der Waals surface area contributed by atoms with E-state index in [1.807, 2.05) is 0 Å². The molecule has 2 heterocycles. The summed E-state index contributed by atoms with van der Waals surface area (Å²) in [4.78, 5) is 11.7. The first-order valence-electron chi connectivity index (χ1n) is 5.54. The average molecular weight is 257 g/mol. The summed E-state index contributed by atoms with van der Waals surface area (Å²) in [5.74, 6) is -0.501. The molecule has 0 aliphatic carbocycles. The largest absolute Gasteiger partial charge is 0.459 e. The molecule has 4 N–H and O–H groups in total. The van der Waals surface area contributed by atoms with Gasteiger partial charge in [0.25, 0.3) is 5.91 Å². The number of nitrogens with one attached hydrogen (secondary N) is 1. The molecule has 1 amide bonds. The van der Waals surface area contributed by atoms with Gasteiger partial charge in [0.05, 0.1) is 12.4 Å². The normalized spacial score (nSPS) is 36.3. The van der Waals surface area contributed by atoms with Gasteiger partial charge in [-0.15, -0.1) is 0 Å². The van der Waals surface area contributed by atoms with E-state index >= 15 is 0 Å². The van der Waals surface area contributed by atoms with Crippen LogP contribution in [0.2, 0.25) is 0 Å². The summed E-state index contributed by atoms with van der Waals surface area (Å²) in [6.07, 6.45) is -4.45. The molecule has 7 heteroatoms. The van der Waals surface area contributed by atoms with E-state index in [1.54, 1.807) is 6.07 Å². The molecule has 5 atom stereocenters. The molecule has 1 aliphatic rings. The number of ether oxygens (including phenoxy) is 1. The topological polar surface area (TPSA) is 112 Å². The van der Waals surface area contributed by atoms with Crippen LogP contribution in [0.15, 0.2) is 22.8 Å². The van der Waals surface area contributed by atoms with Crippen molar-refractivity contribution in [3.8, 4) is 0 Å². The van der Waals surface area contributed by atoms with Crippen LogP contribution in [0.1, 0.15) is 17.5 Å². The van der Waals surface area contributed by atoms with Gasteiger partial charge in [-0.1, -0.05) is 0 Å². The number of hydrogen-bond donors (Lipinski definition) is 4. The highest BCUT2D eigenvalue weighted by Crippen LogP contribution is 2.19. The number of aliphatic hydroxyl groups excluding tert-OH is 3. The first kappa shape index (κ1) is 13.0. The zero-order valence-corrected chi connectivity index (χ0v) is 9.69. The Morgan fingerprint density at radius 3 is 2.61 bits per heavy atom. The first-order valence-corrected chi connectivity index (χ1v) is 5.54. The Balaban J connectivity index is 2.03. The van der Waals surface area contributed by atoms with E-state index in [9.17, 15) is 20.1 Å². The van der Waals surface area contributed by atoms with Crippen LogP contribution < -0.4 is 5.32 Å². The number of carbonyl (C=O) groups excluding carboxylic acids is 1. The van der Waals surface area contributed by atoms with Gasteiger partial charge < -0.3 is 29.8 Å². The number of amides is 1. The van der Waals surface area contributed by atoms with E-state index < -0.39 is 36.6 Å². The summed E-state index contributed by atoms with van der Waals surface area (Å²) in [7, 11) is 0. The van der Waals surface area contributed by atoms with E-state index in [2.05, 4.69) is 5.32 Å². The predicted octanol–water partition coefficient (Wildman–Crippen LogP) is -1.16. The van der Waals surface area contributed by atoms with Crippen molar-refractivity contribution in [1.29, 1.82) is 0 Å². The number of hydrogen-bond acceptors (Lipinski definition) is 6. The second-order valence-corrected chi connectivity index (χ2v) is 4.18. The first-order chi connectivity index (χ1) is 8.50. The van der Waals surface area contributed by atoms with Gasteiger partial charge >= 0.3 is 0 Å². The van der Waals surface area contributed by atoms with E-state index in [0.29, 0.717) is 0 Å². The summed E-state index contributed by atoms with van der Waals surface area (Å²) in [6, 6.07) is 3.01. The molecule has 1 aliphatic heterocycles. The highest BCUT2D eigenvalue weighted by atomic mass is 16.5. The van der Waals surface area contributed by atoms with Crippen LogP contribution in [-0.2, 0) is 4.74 Å². The highest BCUT2D eigenvalue weighted by molar-refractivity contribution is 5.91. The second kappa shape index (κ2) is 5.07. The van der Waals surface area contributed by atoms with Crippen LogP contribution in [-0.4, -0.2) is 51.9 Å². The van der Waals surface area contributed by atoms with Gasteiger partial charge in [0.1, 0.15) is 18.3 Å². The molecule has 0 bridgehead atoms. The van der Waals surface area contributed by atoms with Crippen LogP contribution in [0.25, 0.3) is 0 Å². The number of rotatable bonds is 2. The van der Waals surface area contributed by atoms with Gasteiger partial charge in [0.15, 0.2) is 12.0 Å². The molecular formula is C11H15NO6. The average Bonchev–Trinajstić information content (AvgIpc) is 2.87. The van der Waals surface area contributed by atoms with Crippen LogP contribution >= 0.6 is 0 Å². The molecule has 1 fully saturated rings. The van der Waals surface area contributed by atoms with Crippen molar-refractivity contribution < 1.29 is 29.3 Å². The van der Waals surface area contributed by atoms with Crippen molar-refractivity contribution >= 4 is 5.91 Å². The Hall–Kier alpha value is -1.41. The smallest absolute Gasteiger partial charge is 0.289 e. The molecule has 1 aromatic rings. The lowest BCUT2D eigenvalue weighted by Gasteiger charge is -2.39. The summed E-state index contributed by atoms with van der Waals surface area (Å²) in [6.45, 7) is 1.53. The summed E-state index contributed by atoms with van der Waals surface area (Å²) >= 11 is 0. The van der Waals surface area contributed by atoms with Crippen LogP contribution in [0.4, 0.5) is 0 Å². The number of carbonyl (C=O) groups is 1. The van der Waals surface area contributed by atoms with Crippen molar-refractivity contribution in [2.45, 2.75) is 37.6 Å². The molecule has 0 radical (unpaired) electrons. The van der Waals surface area contributed by atoms with E-state index in [4.69, 9.17) is 9.15 Å². The van der Waals surface area contributed by atoms with E-state index in [1.165, 1.54) is 19.3 Å². The quantitative estimate of drug-likeness (QED) is 0.531. The SMILES string of the molecule is C[C@@H]1O[C@H](NC(=O)c2ccco2)[C@@H](O)[C@H](O)[C@@H]1O. The van der Waals surface area contributed by atoms with Crippen LogP contribution in [0, 0.1) is 0 Å². The second-order valence-electron chi connectivity index (χ2n) is 4.18. The standard InChI is InChI=1S/C11H15NO6/c1-5-7(13)8(14)9(15)11(18-5)12-10(16)6-3-2-4-17-6/h2-5,7-9,11,13-15H,1H3,(H,12,16)/t5-,7+,8+,9-,11-/m0/s1. The number of aliphatic hydroxyl groups is 3. The highest BCUT2D eigenvalue weighted by Gasteiger charge is 2.42. The Labute approximate surface area is 103 Å². The molecule has 0 saturated carbocycles. The van der Waals surface area contributed by atoms with Crippen molar-refractivity contribution in [3.63, 3.8) is 0 Å². The fourth-order valence-electron chi connectivity index (χ4n) is 1.78. The molecule has 7 nitrogen and oxygen atoms in total. The molecular weight excluding hydrogens is 242 g/mol. The molecule has 0 spiro atoms.